The molecule has 1 N–H and O–H groups in total. The molecule has 0 amide bonds. The van der Waals surface area contributed by atoms with E-state index in [2.05, 4.69) is 0 Å². The summed E-state index contributed by atoms with van der Waals surface area (Å²) >= 11 is 0. The number of benzene rings is 1. The second-order valence-corrected chi connectivity index (χ2v) is 4.49. The van der Waals surface area contributed by atoms with Gasteiger partial charge in [-0.15, -0.1) is 0 Å². The van der Waals surface area contributed by atoms with Crippen LogP contribution in [0.1, 0.15) is 30.3 Å². The molecule has 2 aromatic rings. The van der Waals surface area contributed by atoms with Gasteiger partial charge in [-0.25, -0.2) is 13.6 Å². The van der Waals surface area contributed by atoms with Crippen molar-refractivity contribution >= 4 is 16.9 Å². The molecule has 0 aliphatic heterocycles. The normalized spacial score (nSPS) is 10.9. The fourth-order valence-electron chi connectivity index (χ4n) is 2.15. The van der Waals surface area contributed by atoms with Gasteiger partial charge in [0.25, 0.3) is 0 Å². The number of aromatic carboxylic acids is 1. The molecule has 0 saturated carbocycles. The molecule has 0 bridgehead atoms. The van der Waals surface area contributed by atoms with Crippen molar-refractivity contribution in [1.29, 1.82) is 0 Å². The maximum atomic E-state index is 14.0. The van der Waals surface area contributed by atoms with Gasteiger partial charge in [0.2, 0.25) is 0 Å². The lowest BCUT2D eigenvalue weighted by atomic mass is 10.1. The first-order valence-corrected chi connectivity index (χ1v) is 6.21. The zero-order valence-electron chi connectivity index (χ0n) is 10.8. The lowest BCUT2D eigenvalue weighted by Gasteiger charge is -2.14. The van der Waals surface area contributed by atoms with Gasteiger partial charge in [0.1, 0.15) is 11.5 Å². The van der Waals surface area contributed by atoms with Crippen LogP contribution in [0.2, 0.25) is 0 Å². The van der Waals surface area contributed by atoms with Gasteiger partial charge >= 0.3 is 5.97 Å². The molecule has 0 unspecified atom stereocenters. The Hall–Kier alpha value is -2.24. The largest absolute Gasteiger partial charge is 0.477 e. The number of halogens is 2. The van der Waals surface area contributed by atoms with Crippen LogP contribution in [0.5, 0.6) is 0 Å². The van der Waals surface area contributed by atoms with Crippen molar-refractivity contribution in [2.45, 2.75) is 26.3 Å². The third-order valence-corrected chi connectivity index (χ3v) is 3.08. The van der Waals surface area contributed by atoms with Gasteiger partial charge < -0.3 is 9.67 Å². The number of hydrogen-bond acceptors (Lipinski definition) is 2. The highest BCUT2D eigenvalue weighted by Gasteiger charge is 2.17. The number of hydrogen-bond donors (Lipinski definition) is 1. The molecule has 0 radical (unpaired) electrons. The number of aryl methyl sites for hydroxylation is 1. The van der Waals surface area contributed by atoms with E-state index >= 15 is 0 Å². The van der Waals surface area contributed by atoms with E-state index in [1.54, 1.807) is 0 Å². The second-order valence-electron chi connectivity index (χ2n) is 4.49. The van der Waals surface area contributed by atoms with Crippen molar-refractivity contribution < 1.29 is 18.7 Å². The number of carboxylic acids is 1. The summed E-state index contributed by atoms with van der Waals surface area (Å²) in [4.78, 5) is 23.0. The Kier molecular flexibility index (Phi) is 3.83. The van der Waals surface area contributed by atoms with Crippen LogP contribution in [0, 0.1) is 11.6 Å². The van der Waals surface area contributed by atoms with Crippen LogP contribution in [-0.2, 0) is 6.54 Å². The standard InChI is InChI=1S/C14H13F2NO3/c1-2-3-4-17-11(14(19)20)7-12(18)9-5-8(15)6-10(16)13(9)17/h5-7H,2-4H2,1H3,(H,19,20). The predicted molar refractivity (Wildman–Crippen MR) is 70.0 cm³/mol. The summed E-state index contributed by atoms with van der Waals surface area (Å²) in [5.41, 5.74) is -1.16. The minimum Gasteiger partial charge on any atom is -0.477 e. The Balaban J connectivity index is 2.88. The molecule has 0 atom stereocenters. The van der Waals surface area contributed by atoms with E-state index in [4.69, 9.17) is 5.11 Å². The molecule has 0 aliphatic rings. The van der Waals surface area contributed by atoms with E-state index in [0.29, 0.717) is 12.5 Å². The summed E-state index contributed by atoms with van der Waals surface area (Å²) < 4.78 is 28.4. The molecule has 0 fully saturated rings. The van der Waals surface area contributed by atoms with Crippen LogP contribution in [0.4, 0.5) is 8.78 Å². The number of pyridine rings is 1. The van der Waals surface area contributed by atoms with Gasteiger partial charge in [-0.05, 0) is 12.5 Å². The number of carboxylic acid groups (broad SMARTS) is 1. The molecule has 106 valence electrons. The molecule has 0 saturated heterocycles. The average molecular weight is 281 g/mol. The number of carbonyl (C=O) groups is 1. The van der Waals surface area contributed by atoms with E-state index in [1.165, 1.54) is 4.57 Å². The minimum atomic E-state index is -1.32. The van der Waals surface area contributed by atoms with Crippen molar-refractivity contribution in [3.8, 4) is 0 Å². The second kappa shape index (κ2) is 5.40. The van der Waals surface area contributed by atoms with Crippen LogP contribution in [0.15, 0.2) is 23.0 Å². The minimum absolute atomic E-state index is 0.149. The van der Waals surface area contributed by atoms with E-state index in [9.17, 15) is 18.4 Å². The summed E-state index contributed by atoms with van der Waals surface area (Å²) in [6.07, 6.45) is 1.39. The Bertz CT molecular complexity index is 737. The molecule has 2 rings (SSSR count). The molecule has 1 aromatic heterocycles. The van der Waals surface area contributed by atoms with Gasteiger partial charge in [0.15, 0.2) is 11.2 Å². The van der Waals surface area contributed by atoms with Crippen molar-refractivity contribution in [2.75, 3.05) is 0 Å². The lowest BCUT2D eigenvalue weighted by molar-refractivity contribution is 0.0684. The lowest BCUT2D eigenvalue weighted by Crippen LogP contribution is -2.19. The summed E-state index contributed by atoms with van der Waals surface area (Å²) in [6, 6.07) is 2.48. The topological polar surface area (TPSA) is 59.3 Å². The van der Waals surface area contributed by atoms with Gasteiger partial charge in [-0.1, -0.05) is 13.3 Å². The highest BCUT2D eigenvalue weighted by atomic mass is 19.1. The molecule has 1 aromatic carbocycles. The number of unbranched alkanes of at least 4 members (excludes halogenated alkanes) is 1. The first-order valence-electron chi connectivity index (χ1n) is 6.21. The SMILES string of the molecule is CCCCn1c(C(=O)O)cc(=O)c2cc(F)cc(F)c21. The van der Waals surface area contributed by atoms with Crippen molar-refractivity contribution in [3.63, 3.8) is 0 Å². The Morgan fingerprint density at radius 3 is 2.60 bits per heavy atom. The molecule has 1 heterocycles. The third kappa shape index (κ3) is 2.41. The fraction of sp³-hybridized carbons (Fsp3) is 0.286. The van der Waals surface area contributed by atoms with Crippen LogP contribution in [-0.4, -0.2) is 15.6 Å². The van der Waals surface area contributed by atoms with Crippen molar-refractivity contribution in [1.82, 2.24) is 4.57 Å². The summed E-state index contributed by atoms with van der Waals surface area (Å²) in [5, 5.41) is 8.99. The van der Waals surface area contributed by atoms with Crippen LogP contribution in [0.25, 0.3) is 10.9 Å². The monoisotopic (exact) mass is 281 g/mol. The number of aromatic nitrogens is 1. The summed E-state index contributed by atoms with van der Waals surface area (Å²) in [6.45, 7) is 2.15. The summed E-state index contributed by atoms with van der Waals surface area (Å²) in [7, 11) is 0. The number of rotatable bonds is 4. The molecule has 0 aliphatic carbocycles. The van der Waals surface area contributed by atoms with E-state index in [1.807, 2.05) is 6.92 Å². The third-order valence-electron chi connectivity index (χ3n) is 3.08. The van der Waals surface area contributed by atoms with Crippen LogP contribution < -0.4 is 5.43 Å². The van der Waals surface area contributed by atoms with E-state index < -0.39 is 23.0 Å². The smallest absolute Gasteiger partial charge is 0.352 e. The maximum absolute atomic E-state index is 14.0. The van der Waals surface area contributed by atoms with Crippen molar-refractivity contribution in [3.05, 3.63) is 45.8 Å². The fourth-order valence-corrected chi connectivity index (χ4v) is 2.15. The highest BCUT2D eigenvalue weighted by Crippen LogP contribution is 2.19. The molecule has 6 heteroatoms. The Morgan fingerprint density at radius 2 is 2.00 bits per heavy atom. The zero-order valence-corrected chi connectivity index (χ0v) is 10.8. The van der Waals surface area contributed by atoms with E-state index in [0.717, 1.165) is 18.6 Å². The molecule has 4 nitrogen and oxygen atoms in total. The van der Waals surface area contributed by atoms with Gasteiger partial charge in [-0.2, -0.15) is 0 Å². The zero-order chi connectivity index (χ0) is 14.9. The Morgan fingerprint density at radius 1 is 1.30 bits per heavy atom. The summed E-state index contributed by atoms with van der Waals surface area (Å²) in [5.74, 6) is -3.11. The van der Waals surface area contributed by atoms with Gasteiger partial charge in [0, 0.05) is 18.7 Å². The quantitative estimate of drug-likeness (QED) is 0.937. The Labute approximate surface area is 113 Å². The van der Waals surface area contributed by atoms with Crippen LogP contribution >= 0.6 is 0 Å². The van der Waals surface area contributed by atoms with E-state index in [-0.39, 0.29) is 23.1 Å². The van der Waals surface area contributed by atoms with Crippen molar-refractivity contribution in [2.24, 2.45) is 0 Å². The average Bonchev–Trinajstić information content (AvgIpc) is 2.37. The van der Waals surface area contributed by atoms with Gasteiger partial charge in [-0.3, -0.25) is 4.79 Å². The molecule has 0 spiro atoms. The maximum Gasteiger partial charge on any atom is 0.352 e. The first-order chi connectivity index (χ1) is 9.45. The molecular weight excluding hydrogens is 268 g/mol. The number of nitrogens with zero attached hydrogens (tertiary/aromatic N) is 1. The first kappa shape index (κ1) is 14.2. The molecule has 20 heavy (non-hydrogen) atoms. The number of fused-ring (bicyclic) bond motifs is 1. The van der Waals surface area contributed by atoms with Gasteiger partial charge in [0.05, 0.1) is 10.9 Å². The van der Waals surface area contributed by atoms with Crippen LogP contribution in [0.3, 0.4) is 0 Å². The molecular formula is C14H13F2NO3. The highest BCUT2D eigenvalue weighted by molar-refractivity contribution is 5.90. The predicted octanol–water partition coefficient (Wildman–Crippen LogP) is 2.78.